The number of amides is 3. The Morgan fingerprint density at radius 3 is 2.42 bits per heavy atom. The maximum absolute atomic E-state index is 13.8. The van der Waals surface area contributed by atoms with E-state index in [2.05, 4.69) is 5.32 Å². The van der Waals surface area contributed by atoms with E-state index in [0.29, 0.717) is 26.0 Å². The second-order valence-electron chi connectivity index (χ2n) is 10.1. The van der Waals surface area contributed by atoms with Gasteiger partial charge in [-0.25, -0.2) is 9.69 Å². The number of ether oxygens (including phenoxy) is 1. The summed E-state index contributed by atoms with van der Waals surface area (Å²) < 4.78 is 46.6. The molecule has 0 saturated carbocycles. The topological polar surface area (TPSA) is 115 Å². The molecule has 1 fully saturated rings. The molecule has 15 heteroatoms. The molecule has 2 aliphatic rings. The number of hydrogen-bond acceptors (Lipinski definition) is 9. The number of nitrogens with one attached hydrogen (secondary N) is 1. The molecule has 3 amide bonds. The summed E-state index contributed by atoms with van der Waals surface area (Å²) in [6.07, 6.45) is -4.67. The molecule has 0 spiro atoms. The number of hydrogen-bond donors (Lipinski definition) is 1. The van der Waals surface area contributed by atoms with Crippen molar-refractivity contribution in [3.05, 3.63) is 96.6 Å². The van der Waals surface area contributed by atoms with Crippen LogP contribution in [0.3, 0.4) is 0 Å². The number of anilines is 2. The Morgan fingerprint density at radius 1 is 1.00 bits per heavy atom. The summed E-state index contributed by atoms with van der Waals surface area (Å²) in [6.45, 7) is 1.50. The minimum Gasteiger partial charge on any atom is -0.462 e. The third-order valence-corrected chi connectivity index (χ3v) is 10.9. The van der Waals surface area contributed by atoms with Crippen molar-refractivity contribution in [2.24, 2.45) is 5.92 Å². The predicted molar refractivity (Wildman–Crippen MR) is 163 cm³/mol. The van der Waals surface area contributed by atoms with Gasteiger partial charge in [-0.05, 0) is 60.8 Å². The number of halogens is 3. The highest BCUT2D eigenvalue weighted by Crippen LogP contribution is 2.54. The Morgan fingerprint density at radius 2 is 1.76 bits per heavy atom. The van der Waals surface area contributed by atoms with E-state index >= 15 is 0 Å². The molecular weight excluding hydrogens is 652 g/mol. The van der Waals surface area contributed by atoms with Crippen LogP contribution >= 0.6 is 34.4 Å². The lowest BCUT2D eigenvalue weighted by atomic mass is 9.87. The van der Waals surface area contributed by atoms with Crippen LogP contribution in [0.15, 0.2) is 75.9 Å². The van der Waals surface area contributed by atoms with Crippen molar-refractivity contribution < 1.29 is 37.1 Å². The van der Waals surface area contributed by atoms with E-state index in [1.807, 2.05) is 0 Å². The summed E-state index contributed by atoms with van der Waals surface area (Å²) in [5, 5.41) is 3.79. The lowest BCUT2D eigenvalue weighted by Gasteiger charge is -2.29. The van der Waals surface area contributed by atoms with Crippen molar-refractivity contribution in [3.8, 4) is 0 Å². The fourth-order valence-electron chi connectivity index (χ4n) is 5.35. The molecule has 6 rings (SSSR count). The number of imide groups is 1. The molecule has 0 radical (unpaired) electrons. The summed E-state index contributed by atoms with van der Waals surface area (Å²) in [4.78, 5) is 67.3. The van der Waals surface area contributed by atoms with Gasteiger partial charge in [0, 0.05) is 21.4 Å². The number of nitrogens with zero attached hydrogens (tertiary/aromatic N) is 2. The molecule has 9 nitrogen and oxygen atoms in total. The Labute approximate surface area is 265 Å². The monoisotopic (exact) mass is 673 g/mol. The summed E-state index contributed by atoms with van der Waals surface area (Å²) >= 11 is 3.16. The predicted octanol–water partition coefficient (Wildman–Crippen LogP) is 5.60. The molecule has 4 heterocycles. The van der Waals surface area contributed by atoms with Crippen LogP contribution in [0.5, 0.6) is 0 Å². The van der Waals surface area contributed by atoms with Crippen LogP contribution in [0.4, 0.5) is 24.5 Å². The van der Waals surface area contributed by atoms with E-state index in [1.165, 1.54) is 46.2 Å². The van der Waals surface area contributed by atoms with Crippen LogP contribution < -0.4 is 15.1 Å². The number of aromatic nitrogens is 1. The van der Waals surface area contributed by atoms with Crippen LogP contribution in [-0.4, -0.2) is 40.1 Å². The summed E-state index contributed by atoms with van der Waals surface area (Å²) in [5.41, 5.74) is -0.498. The fraction of sp³-hybridized carbons (Fsp3) is 0.233. The third kappa shape index (κ3) is 5.71. The molecule has 2 unspecified atom stereocenters. The Hall–Kier alpha value is -4.21. The highest BCUT2D eigenvalue weighted by molar-refractivity contribution is 8.00. The molecular formula is C30H22F3N3O6S3. The van der Waals surface area contributed by atoms with E-state index in [9.17, 15) is 37.1 Å². The van der Waals surface area contributed by atoms with Crippen LogP contribution in [0.2, 0.25) is 0 Å². The van der Waals surface area contributed by atoms with Gasteiger partial charge in [0.25, 0.3) is 0 Å². The van der Waals surface area contributed by atoms with Crippen LogP contribution in [0.1, 0.15) is 38.5 Å². The standard InChI is InChI=1S/C30H22F3N3O6S3/c1-2-42-28(40)15-8-10-17(11-9-15)34-20(37)14-35-27-24(45-29(35)41)21(19-7-4-12-43-19)22-23(44-27)26(39)36(25(22)38)18-6-3-5-16(13-18)30(31,32)33/h3-13,21-23H,2,14H2,1H3,(H,34,37)/t21-,22?,23?/m1/s1. The first-order valence-electron chi connectivity index (χ1n) is 13.5. The minimum atomic E-state index is -4.67. The van der Waals surface area contributed by atoms with E-state index in [-0.39, 0.29) is 12.3 Å². The van der Waals surface area contributed by atoms with Crippen molar-refractivity contribution in [2.45, 2.75) is 35.8 Å². The SMILES string of the molecule is CCOC(=O)c1ccc(NC(=O)Cn2c3c(sc2=O)[C@H](c2cccs2)C2C(=O)N(c4cccc(C(F)(F)F)c4)C(=O)C2S3)cc1. The largest absolute Gasteiger partial charge is 0.462 e. The van der Waals surface area contributed by atoms with E-state index < -0.39 is 63.9 Å². The van der Waals surface area contributed by atoms with Crippen LogP contribution in [-0.2, 0) is 31.8 Å². The number of esters is 1. The minimum absolute atomic E-state index is 0.186. The molecule has 232 valence electrons. The number of thioether (sulfide) groups is 1. The number of fused-ring (bicyclic) bond motifs is 2. The maximum Gasteiger partial charge on any atom is 0.416 e. The van der Waals surface area contributed by atoms with Crippen molar-refractivity contribution in [3.63, 3.8) is 0 Å². The van der Waals surface area contributed by atoms with Gasteiger partial charge in [-0.15, -0.1) is 11.3 Å². The van der Waals surface area contributed by atoms with Gasteiger partial charge in [0.05, 0.1) is 34.4 Å². The van der Waals surface area contributed by atoms with Gasteiger partial charge in [-0.3, -0.25) is 23.7 Å². The van der Waals surface area contributed by atoms with Crippen molar-refractivity contribution in [2.75, 3.05) is 16.8 Å². The smallest absolute Gasteiger partial charge is 0.416 e. The maximum atomic E-state index is 13.8. The number of carbonyl (C=O) groups is 4. The van der Waals surface area contributed by atoms with E-state index in [1.54, 1.807) is 24.4 Å². The highest BCUT2D eigenvalue weighted by atomic mass is 32.2. The fourth-order valence-corrected chi connectivity index (χ4v) is 9.08. The normalized spacial score (nSPS) is 19.3. The number of carbonyl (C=O) groups excluding carboxylic acids is 4. The number of rotatable bonds is 7. The zero-order valence-corrected chi connectivity index (χ0v) is 25.6. The summed E-state index contributed by atoms with van der Waals surface area (Å²) in [6, 6.07) is 13.6. The van der Waals surface area contributed by atoms with Gasteiger partial charge in [-0.2, -0.15) is 13.2 Å². The molecule has 1 saturated heterocycles. The lowest BCUT2D eigenvalue weighted by Crippen LogP contribution is -2.32. The molecule has 2 aliphatic heterocycles. The summed E-state index contributed by atoms with van der Waals surface area (Å²) in [7, 11) is 0. The Kier molecular flexibility index (Phi) is 8.18. The first-order chi connectivity index (χ1) is 21.5. The van der Waals surface area contributed by atoms with Gasteiger partial charge >= 0.3 is 17.0 Å². The first-order valence-corrected chi connectivity index (χ1v) is 16.1. The number of thiazole rings is 1. The highest BCUT2D eigenvalue weighted by Gasteiger charge is 2.57. The molecule has 0 aliphatic carbocycles. The first kappa shape index (κ1) is 30.8. The van der Waals surface area contributed by atoms with Crippen LogP contribution in [0.25, 0.3) is 0 Å². The number of benzene rings is 2. The summed E-state index contributed by atoms with van der Waals surface area (Å²) in [5.74, 6) is -4.09. The average Bonchev–Trinajstić information content (AvgIpc) is 3.70. The molecule has 2 aromatic heterocycles. The Bertz CT molecular complexity index is 1870. The van der Waals surface area contributed by atoms with Crippen molar-refractivity contribution >= 4 is 69.5 Å². The lowest BCUT2D eigenvalue weighted by molar-refractivity contribution is -0.137. The number of thiophene rings is 1. The average molecular weight is 674 g/mol. The molecule has 45 heavy (non-hydrogen) atoms. The van der Waals surface area contributed by atoms with Crippen molar-refractivity contribution in [1.29, 1.82) is 0 Å². The molecule has 2 aromatic carbocycles. The van der Waals surface area contributed by atoms with Gasteiger partial charge in [-0.1, -0.05) is 35.2 Å². The van der Waals surface area contributed by atoms with Gasteiger partial charge in [0.1, 0.15) is 11.8 Å². The molecule has 0 bridgehead atoms. The molecule has 4 aromatic rings. The second kappa shape index (κ2) is 11.9. The van der Waals surface area contributed by atoms with Gasteiger partial charge in [0.15, 0.2) is 0 Å². The van der Waals surface area contributed by atoms with Crippen molar-refractivity contribution in [1.82, 2.24) is 4.57 Å². The zero-order valence-electron chi connectivity index (χ0n) is 23.2. The van der Waals surface area contributed by atoms with E-state index in [0.717, 1.165) is 46.2 Å². The quantitative estimate of drug-likeness (QED) is 0.201. The molecule has 1 N–H and O–H groups in total. The van der Waals surface area contributed by atoms with Gasteiger partial charge in [0.2, 0.25) is 17.7 Å². The Balaban J connectivity index is 1.31. The van der Waals surface area contributed by atoms with E-state index in [4.69, 9.17) is 4.74 Å². The van der Waals surface area contributed by atoms with Gasteiger partial charge < -0.3 is 10.1 Å². The third-order valence-electron chi connectivity index (χ3n) is 7.31. The zero-order chi connectivity index (χ0) is 32.0. The van der Waals surface area contributed by atoms with Crippen LogP contribution in [0, 0.1) is 5.92 Å². The number of alkyl halides is 3. The second-order valence-corrected chi connectivity index (χ2v) is 13.2. The molecule has 3 atom stereocenters.